The van der Waals surface area contributed by atoms with Gasteiger partial charge in [-0.2, -0.15) is 0 Å². The molecule has 3 heterocycles. The van der Waals surface area contributed by atoms with E-state index in [1.54, 1.807) is 0 Å². The summed E-state index contributed by atoms with van der Waals surface area (Å²) in [6.45, 7) is 4.57. The van der Waals surface area contributed by atoms with Gasteiger partial charge in [-0.25, -0.2) is 4.98 Å². The first-order chi connectivity index (χ1) is 11.7. The lowest BCUT2D eigenvalue weighted by molar-refractivity contribution is 0.174. The van der Waals surface area contributed by atoms with Crippen molar-refractivity contribution in [2.75, 3.05) is 6.79 Å². The fourth-order valence-corrected chi connectivity index (χ4v) is 3.04. The Bertz CT molecular complexity index is 873. The third-order valence-electron chi connectivity index (χ3n) is 4.38. The Labute approximate surface area is 140 Å². The van der Waals surface area contributed by atoms with Gasteiger partial charge < -0.3 is 14.0 Å². The summed E-state index contributed by atoms with van der Waals surface area (Å²) in [4.78, 5) is 9.05. The highest BCUT2D eigenvalue weighted by atomic mass is 16.7. The lowest BCUT2D eigenvalue weighted by Gasteiger charge is -2.17. The standard InChI is InChI=1S/C19H19N3O2/c1-13-4-3-7-20-16(13)10-14(2)22-9-8-21-19(22)15-5-6-17-18(11-15)24-12-23-17/h3-9,11,14H,10,12H2,1-2H3/t14-/m1/s1. The average Bonchev–Trinajstić information content (AvgIpc) is 3.25. The van der Waals surface area contributed by atoms with Gasteiger partial charge in [-0.15, -0.1) is 0 Å². The van der Waals surface area contributed by atoms with Gasteiger partial charge in [0.15, 0.2) is 11.5 Å². The van der Waals surface area contributed by atoms with Gasteiger partial charge in [0.25, 0.3) is 0 Å². The maximum absolute atomic E-state index is 5.48. The molecule has 0 N–H and O–H groups in total. The van der Waals surface area contributed by atoms with Crippen molar-refractivity contribution in [1.29, 1.82) is 0 Å². The summed E-state index contributed by atoms with van der Waals surface area (Å²) in [5, 5.41) is 0. The fraction of sp³-hybridized carbons (Fsp3) is 0.263. The van der Waals surface area contributed by atoms with Crippen molar-refractivity contribution >= 4 is 0 Å². The summed E-state index contributed by atoms with van der Waals surface area (Å²) in [6, 6.07) is 10.3. The number of fused-ring (bicyclic) bond motifs is 1. The minimum Gasteiger partial charge on any atom is -0.454 e. The summed E-state index contributed by atoms with van der Waals surface area (Å²) in [5.41, 5.74) is 3.36. The summed E-state index contributed by atoms with van der Waals surface area (Å²) in [6.07, 6.45) is 6.56. The molecule has 122 valence electrons. The molecule has 1 atom stereocenters. The van der Waals surface area contributed by atoms with Crippen molar-refractivity contribution in [1.82, 2.24) is 14.5 Å². The molecule has 0 bridgehead atoms. The van der Waals surface area contributed by atoms with Crippen molar-refractivity contribution < 1.29 is 9.47 Å². The highest BCUT2D eigenvalue weighted by molar-refractivity contribution is 5.62. The highest BCUT2D eigenvalue weighted by Crippen LogP contribution is 2.36. The Hall–Kier alpha value is -2.82. The van der Waals surface area contributed by atoms with E-state index in [1.807, 2.05) is 42.9 Å². The third-order valence-corrected chi connectivity index (χ3v) is 4.38. The second-order valence-corrected chi connectivity index (χ2v) is 6.05. The van der Waals surface area contributed by atoms with Gasteiger partial charge in [0.05, 0.1) is 0 Å². The number of ether oxygens (including phenoxy) is 2. The molecule has 1 aliphatic heterocycles. The van der Waals surface area contributed by atoms with Gasteiger partial charge in [0.1, 0.15) is 5.82 Å². The van der Waals surface area contributed by atoms with E-state index in [2.05, 4.69) is 34.4 Å². The Morgan fingerprint density at radius 1 is 1.12 bits per heavy atom. The fourth-order valence-electron chi connectivity index (χ4n) is 3.04. The lowest BCUT2D eigenvalue weighted by atomic mass is 10.1. The van der Waals surface area contributed by atoms with Crippen LogP contribution in [0, 0.1) is 6.92 Å². The van der Waals surface area contributed by atoms with Crippen LogP contribution in [0.2, 0.25) is 0 Å². The van der Waals surface area contributed by atoms with E-state index in [0.717, 1.165) is 35.0 Å². The molecule has 2 aromatic heterocycles. The van der Waals surface area contributed by atoms with Gasteiger partial charge in [-0.3, -0.25) is 4.98 Å². The second kappa shape index (κ2) is 6.00. The summed E-state index contributed by atoms with van der Waals surface area (Å²) >= 11 is 0. The molecule has 0 aliphatic carbocycles. The number of hydrogen-bond donors (Lipinski definition) is 0. The van der Waals surface area contributed by atoms with E-state index in [4.69, 9.17) is 9.47 Å². The van der Waals surface area contributed by atoms with Gasteiger partial charge >= 0.3 is 0 Å². The predicted molar refractivity (Wildman–Crippen MR) is 91.2 cm³/mol. The van der Waals surface area contributed by atoms with Crippen LogP contribution < -0.4 is 9.47 Å². The number of imidazole rings is 1. The minimum atomic E-state index is 0.251. The van der Waals surface area contributed by atoms with E-state index in [1.165, 1.54) is 5.56 Å². The molecule has 0 radical (unpaired) electrons. The Morgan fingerprint density at radius 3 is 2.88 bits per heavy atom. The van der Waals surface area contributed by atoms with Crippen molar-refractivity contribution in [2.45, 2.75) is 26.3 Å². The Morgan fingerprint density at radius 2 is 2.00 bits per heavy atom. The molecule has 0 spiro atoms. The molecule has 0 unspecified atom stereocenters. The van der Waals surface area contributed by atoms with Crippen molar-refractivity contribution in [3.05, 3.63) is 60.2 Å². The van der Waals surface area contributed by atoms with E-state index < -0.39 is 0 Å². The zero-order valence-corrected chi connectivity index (χ0v) is 13.8. The van der Waals surface area contributed by atoms with Crippen LogP contribution in [-0.2, 0) is 6.42 Å². The van der Waals surface area contributed by atoms with E-state index in [9.17, 15) is 0 Å². The number of pyridine rings is 1. The number of benzene rings is 1. The van der Waals surface area contributed by atoms with Crippen LogP contribution in [0.5, 0.6) is 11.5 Å². The zero-order valence-electron chi connectivity index (χ0n) is 13.8. The normalized spacial score (nSPS) is 13.9. The largest absolute Gasteiger partial charge is 0.454 e. The van der Waals surface area contributed by atoms with Crippen LogP contribution in [0.25, 0.3) is 11.4 Å². The van der Waals surface area contributed by atoms with Crippen molar-refractivity contribution in [3.63, 3.8) is 0 Å². The van der Waals surface area contributed by atoms with Crippen LogP contribution in [0.15, 0.2) is 48.9 Å². The van der Waals surface area contributed by atoms with Crippen molar-refractivity contribution in [3.8, 4) is 22.9 Å². The number of hydrogen-bond acceptors (Lipinski definition) is 4. The van der Waals surface area contributed by atoms with Gasteiger partial charge in [-0.05, 0) is 43.7 Å². The first-order valence-corrected chi connectivity index (χ1v) is 8.06. The number of aromatic nitrogens is 3. The highest BCUT2D eigenvalue weighted by Gasteiger charge is 2.18. The van der Waals surface area contributed by atoms with E-state index in [-0.39, 0.29) is 12.8 Å². The van der Waals surface area contributed by atoms with Crippen LogP contribution in [0.1, 0.15) is 24.2 Å². The SMILES string of the molecule is Cc1cccnc1C[C@@H](C)n1ccnc1-c1ccc2c(c1)OCO2. The average molecular weight is 321 g/mol. The van der Waals surface area contributed by atoms with Crippen molar-refractivity contribution in [2.24, 2.45) is 0 Å². The molecule has 5 heteroatoms. The molecular formula is C19H19N3O2. The second-order valence-electron chi connectivity index (χ2n) is 6.05. The molecule has 0 saturated carbocycles. The number of rotatable bonds is 4. The smallest absolute Gasteiger partial charge is 0.231 e. The Kier molecular flexibility index (Phi) is 3.69. The molecule has 0 saturated heterocycles. The molecule has 0 fully saturated rings. The monoisotopic (exact) mass is 321 g/mol. The quantitative estimate of drug-likeness (QED) is 0.733. The molecule has 1 aliphatic rings. The van der Waals surface area contributed by atoms with Crippen LogP contribution in [-0.4, -0.2) is 21.3 Å². The van der Waals surface area contributed by atoms with Gasteiger partial charge in [-0.1, -0.05) is 6.07 Å². The summed E-state index contributed by atoms with van der Waals surface area (Å²) in [7, 11) is 0. The summed E-state index contributed by atoms with van der Waals surface area (Å²) < 4.78 is 13.0. The Balaban J connectivity index is 1.64. The molecular weight excluding hydrogens is 302 g/mol. The molecule has 4 rings (SSSR count). The summed E-state index contributed by atoms with van der Waals surface area (Å²) in [5.74, 6) is 2.48. The lowest BCUT2D eigenvalue weighted by Crippen LogP contribution is -2.10. The first-order valence-electron chi connectivity index (χ1n) is 8.06. The van der Waals surface area contributed by atoms with E-state index >= 15 is 0 Å². The molecule has 5 nitrogen and oxygen atoms in total. The number of aryl methyl sites for hydroxylation is 1. The molecule has 24 heavy (non-hydrogen) atoms. The van der Waals surface area contributed by atoms with Crippen LogP contribution >= 0.6 is 0 Å². The molecule has 3 aromatic rings. The minimum absolute atomic E-state index is 0.251. The van der Waals surface area contributed by atoms with Crippen LogP contribution in [0.3, 0.4) is 0 Å². The predicted octanol–water partition coefficient (Wildman–Crippen LogP) is 3.79. The molecule has 1 aromatic carbocycles. The third kappa shape index (κ3) is 2.62. The van der Waals surface area contributed by atoms with Gasteiger partial charge in [0.2, 0.25) is 6.79 Å². The maximum atomic E-state index is 5.48. The molecule has 0 amide bonds. The van der Waals surface area contributed by atoms with Gasteiger partial charge in [0, 0.05) is 42.3 Å². The van der Waals surface area contributed by atoms with Crippen LogP contribution in [0.4, 0.5) is 0 Å². The topological polar surface area (TPSA) is 49.2 Å². The maximum Gasteiger partial charge on any atom is 0.231 e. The number of nitrogens with zero attached hydrogens (tertiary/aromatic N) is 3. The zero-order chi connectivity index (χ0) is 16.5. The first kappa shape index (κ1) is 14.8. The van der Waals surface area contributed by atoms with E-state index in [0.29, 0.717) is 0 Å².